The highest BCUT2D eigenvalue weighted by Crippen LogP contribution is 2.28. The van der Waals surface area contributed by atoms with Gasteiger partial charge in [-0.2, -0.15) is 0 Å². The van der Waals surface area contributed by atoms with Crippen molar-refractivity contribution in [3.63, 3.8) is 0 Å². The van der Waals surface area contributed by atoms with Crippen LogP contribution in [-0.2, 0) is 19.1 Å². The summed E-state index contributed by atoms with van der Waals surface area (Å²) in [5.74, 6) is -0.0398. The molecule has 134 valence electrons. The number of nitrogens with one attached hydrogen (secondary N) is 1. The smallest absolute Gasteiger partial charge is 0.307 e. The van der Waals surface area contributed by atoms with Crippen molar-refractivity contribution in [2.45, 2.75) is 69.6 Å². The van der Waals surface area contributed by atoms with Crippen molar-refractivity contribution >= 4 is 24.3 Å². The van der Waals surface area contributed by atoms with Gasteiger partial charge in [0.25, 0.3) is 0 Å². The number of hydrogen-bond acceptors (Lipinski definition) is 5. The van der Waals surface area contributed by atoms with E-state index in [9.17, 15) is 9.59 Å². The first-order valence-electron chi connectivity index (χ1n) is 8.36. The summed E-state index contributed by atoms with van der Waals surface area (Å²) < 4.78 is 10.4. The number of nitrogens with two attached hydrogens (primary N) is 1. The Kier molecular flexibility index (Phi) is 8.87. The van der Waals surface area contributed by atoms with Crippen molar-refractivity contribution in [1.29, 1.82) is 0 Å². The van der Waals surface area contributed by atoms with Crippen LogP contribution >= 0.6 is 12.4 Å². The predicted molar refractivity (Wildman–Crippen MR) is 89.3 cm³/mol. The maximum Gasteiger partial charge on any atom is 0.307 e. The molecule has 2 fully saturated rings. The maximum atomic E-state index is 12.4. The van der Waals surface area contributed by atoms with Crippen LogP contribution in [0, 0.1) is 5.92 Å². The zero-order valence-electron chi connectivity index (χ0n) is 13.8. The molecule has 1 heterocycles. The van der Waals surface area contributed by atoms with Crippen molar-refractivity contribution in [1.82, 2.24) is 5.32 Å². The number of hydrogen-bond donors (Lipinski definition) is 2. The van der Waals surface area contributed by atoms with Gasteiger partial charge in [0, 0.05) is 12.6 Å². The first-order chi connectivity index (χ1) is 10.6. The summed E-state index contributed by atoms with van der Waals surface area (Å²) in [6.07, 6.45) is 6.96. The SMILES string of the molecule is COC(=O)CC(NC(=O)[C@@H]1CC[C@H](CN)O1)C1CCCCC1.Cl. The average molecular weight is 349 g/mol. The molecular weight excluding hydrogens is 320 g/mol. The fourth-order valence-corrected chi connectivity index (χ4v) is 3.48. The minimum atomic E-state index is -0.433. The molecule has 0 aromatic heterocycles. The molecule has 1 saturated heterocycles. The number of ether oxygens (including phenoxy) is 2. The molecule has 0 spiro atoms. The fraction of sp³-hybridized carbons (Fsp3) is 0.875. The summed E-state index contributed by atoms with van der Waals surface area (Å²) >= 11 is 0. The van der Waals surface area contributed by atoms with E-state index in [2.05, 4.69) is 5.32 Å². The van der Waals surface area contributed by atoms with E-state index in [4.69, 9.17) is 15.2 Å². The van der Waals surface area contributed by atoms with Crippen LogP contribution in [-0.4, -0.2) is 43.8 Å². The lowest BCUT2D eigenvalue weighted by Gasteiger charge is -2.31. The Bertz CT molecular complexity index is 388. The highest BCUT2D eigenvalue weighted by molar-refractivity contribution is 5.85. The molecule has 0 aromatic rings. The van der Waals surface area contributed by atoms with Gasteiger partial charge in [-0.3, -0.25) is 9.59 Å². The van der Waals surface area contributed by atoms with Gasteiger partial charge in [0.05, 0.1) is 19.6 Å². The fourth-order valence-electron chi connectivity index (χ4n) is 3.48. The van der Waals surface area contributed by atoms with Crippen LogP contribution < -0.4 is 11.1 Å². The minimum Gasteiger partial charge on any atom is -0.469 e. The van der Waals surface area contributed by atoms with E-state index in [1.807, 2.05) is 0 Å². The Morgan fingerprint density at radius 3 is 2.48 bits per heavy atom. The lowest BCUT2D eigenvalue weighted by molar-refractivity contribution is -0.142. The van der Waals surface area contributed by atoms with Gasteiger partial charge in [-0.1, -0.05) is 19.3 Å². The molecule has 7 heteroatoms. The molecule has 1 aliphatic heterocycles. The van der Waals surface area contributed by atoms with E-state index in [1.165, 1.54) is 13.5 Å². The van der Waals surface area contributed by atoms with Crippen LogP contribution in [0.3, 0.4) is 0 Å². The second kappa shape index (κ2) is 10.1. The molecule has 1 unspecified atom stereocenters. The van der Waals surface area contributed by atoms with Gasteiger partial charge >= 0.3 is 5.97 Å². The van der Waals surface area contributed by atoms with Gasteiger partial charge < -0.3 is 20.5 Å². The molecule has 0 aromatic carbocycles. The Hall–Kier alpha value is -0.850. The van der Waals surface area contributed by atoms with Crippen LogP contribution in [0.1, 0.15) is 51.4 Å². The van der Waals surface area contributed by atoms with Crippen LogP contribution in [0.15, 0.2) is 0 Å². The normalized spacial score (nSPS) is 26.2. The Balaban J connectivity index is 0.00000264. The van der Waals surface area contributed by atoms with Gasteiger partial charge in [-0.15, -0.1) is 12.4 Å². The van der Waals surface area contributed by atoms with E-state index in [0.717, 1.165) is 32.1 Å². The molecule has 1 aliphatic carbocycles. The highest BCUT2D eigenvalue weighted by atomic mass is 35.5. The van der Waals surface area contributed by atoms with E-state index in [-0.39, 0.29) is 42.9 Å². The largest absolute Gasteiger partial charge is 0.469 e. The topological polar surface area (TPSA) is 90.7 Å². The summed E-state index contributed by atoms with van der Waals surface area (Å²) in [7, 11) is 1.38. The molecular formula is C16H29ClN2O4. The summed E-state index contributed by atoms with van der Waals surface area (Å²) in [5.41, 5.74) is 5.58. The van der Waals surface area contributed by atoms with Crippen molar-refractivity contribution in [3.05, 3.63) is 0 Å². The van der Waals surface area contributed by atoms with Gasteiger partial charge in [-0.25, -0.2) is 0 Å². The first-order valence-corrected chi connectivity index (χ1v) is 8.36. The molecule has 2 aliphatic rings. The molecule has 0 bridgehead atoms. The minimum absolute atomic E-state index is 0. The van der Waals surface area contributed by atoms with E-state index >= 15 is 0 Å². The maximum absolute atomic E-state index is 12.4. The molecule has 0 radical (unpaired) electrons. The number of methoxy groups -OCH3 is 1. The molecule has 3 atom stereocenters. The predicted octanol–water partition coefficient (Wildman–Crippen LogP) is 1.54. The second-order valence-electron chi connectivity index (χ2n) is 6.35. The highest BCUT2D eigenvalue weighted by Gasteiger charge is 2.33. The standard InChI is InChI=1S/C16H28N2O4.ClH/c1-21-15(19)9-13(11-5-3-2-4-6-11)18-16(20)14-8-7-12(10-17)22-14;/h11-14H,2-10,17H2,1H3,(H,18,20);1H/t12-,13?,14+;/m1./s1. The summed E-state index contributed by atoms with van der Waals surface area (Å²) in [6, 6.07) is -0.152. The van der Waals surface area contributed by atoms with E-state index in [0.29, 0.717) is 18.9 Å². The van der Waals surface area contributed by atoms with Crippen molar-refractivity contribution < 1.29 is 19.1 Å². The number of carbonyl (C=O) groups excluding carboxylic acids is 2. The van der Waals surface area contributed by atoms with Gasteiger partial charge in [0.2, 0.25) is 5.91 Å². The van der Waals surface area contributed by atoms with Crippen LogP contribution in [0.2, 0.25) is 0 Å². The zero-order valence-corrected chi connectivity index (χ0v) is 14.6. The van der Waals surface area contributed by atoms with Crippen molar-refractivity contribution in [3.8, 4) is 0 Å². The second-order valence-corrected chi connectivity index (χ2v) is 6.35. The lowest BCUT2D eigenvalue weighted by atomic mass is 9.82. The third kappa shape index (κ3) is 5.94. The third-order valence-electron chi connectivity index (χ3n) is 4.82. The Morgan fingerprint density at radius 1 is 1.22 bits per heavy atom. The molecule has 6 nitrogen and oxygen atoms in total. The average Bonchev–Trinajstić information content (AvgIpc) is 3.04. The zero-order chi connectivity index (χ0) is 15.9. The lowest BCUT2D eigenvalue weighted by Crippen LogP contribution is -2.46. The molecule has 2 rings (SSSR count). The summed E-state index contributed by atoms with van der Waals surface area (Å²) in [4.78, 5) is 24.0. The molecule has 1 amide bonds. The number of amides is 1. The van der Waals surface area contributed by atoms with E-state index < -0.39 is 6.10 Å². The monoisotopic (exact) mass is 348 g/mol. The molecule has 1 saturated carbocycles. The Labute approximate surface area is 144 Å². The van der Waals surface area contributed by atoms with Crippen LogP contribution in [0.4, 0.5) is 0 Å². The van der Waals surface area contributed by atoms with Crippen molar-refractivity contribution in [2.75, 3.05) is 13.7 Å². The van der Waals surface area contributed by atoms with Crippen LogP contribution in [0.5, 0.6) is 0 Å². The number of halogens is 1. The number of carbonyl (C=O) groups is 2. The summed E-state index contributed by atoms with van der Waals surface area (Å²) in [6.45, 7) is 0.442. The quantitative estimate of drug-likeness (QED) is 0.710. The molecule has 3 N–H and O–H groups in total. The number of esters is 1. The number of rotatable bonds is 6. The third-order valence-corrected chi connectivity index (χ3v) is 4.82. The summed E-state index contributed by atoms with van der Waals surface area (Å²) in [5, 5.41) is 3.03. The van der Waals surface area contributed by atoms with Crippen LogP contribution in [0.25, 0.3) is 0 Å². The van der Waals surface area contributed by atoms with E-state index in [1.54, 1.807) is 0 Å². The Morgan fingerprint density at radius 2 is 1.91 bits per heavy atom. The van der Waals surface area contributed by atoms with Gasteiger partial charge in [-0.05, 0) is 31.6 Å². The van der Waals surface area contributed by atoms with Crippen molar-refractivity contribution in [2.24, 2.45) is 11.7 Å². The first kappa shape index (κ1) is 20.2. The molecule has 23 heavy (non-hydrogen) atoms. The van der Waals surface area contributed by atoms with Gasteiger partial charge in [0.15, 0.2) is 0 Å². The van der Waals surface area contributed by atoms with Gasteiger partial charge in [0.1, 0.15) is 6.10 Å².